The van der Waals surface area contributed by atoms with E-state index in [9.17, 15) is 19.2 Å². The molecular weight excluding hydrogens is 468 g/mol. The highest BCUT2D eigenvalue weighted by Crippen LogP contribution is 2.10. The van der Waals surface area contributed by atoms with Crippen molar-refractivity contribution in [3.63, 3.8) is 0 Å². The van der Waals surface area contributed by atoms with Crippen LogP contribution in [-0.2, 0) is 19.2 Å². The molecule has 0 unspecified atom stereocenters. The molecule has 0 saturated carbocycles. The summed E-state index contributed by atoms with van der Waals surface area (Å²) in [7, 11) is 1.78. The zero-order valence-electron chi connectivity index (χ0n) is 22.3. The van der Waals surface area contributed by atoms with Crippen molar-refractivity contribution in [3.8, 4) is 0 Å². The van der Waals surface area contributed by atoms with Crippen molar-refractivity contribution in [3.05, 3.63) is 0 Å². The van der Waals surface area contributed by atoms with Gasteiger partial charge in [-0.05, 0) is 13.5 Å². The Labute approximate surface area is 215 Å². The molecule has 0 spiro atoms. The summed E-state index contributed by atoms with van der Waals surface area (Å²) in [4.78, 5) is 49.9. The van der Waals surface area contributed by atoms with E-state index in [1.807, 2.05) is 0 Å². The number of hydrogen-bond acceptors (Lipinski definition) is 7. The van der Waals surface area contributed by atoms with Gasteiger partial charge in [-0.1, -0.05) is 64.7 Å². The first kappa shape index (κ1) is 33.8. The van der Waals surface area contributed by atoms with E-state index in [1.165, 1.54) is 56.3 Å². The minimum Gasteiger partial charge on any atom is -0.480 e. The summed E-state index contributed by atoms with van der Waals surface area (Å²) in [5.41, 5.74) is 0. The zero-order valence-corrected chi connectivity index (χ0v) is 22.3. The number of likely N-dealkylation sites (N-methyl/N-ethyl adjacent to an activating group) is 1. The third kappa shape index (κ3) is 22.2. The molecule has 0 aliphatic heterocycles. The largest absolute Gasteiger partial charge is 0.480 e. The molecular formula is C25H48N4O7. The molecule has 4 N–H and O–H groups in total. The van der Waals surface area contributed by atoms with Crippen LogP contribution < -0.4 is 5.32 Å². The Morgan fingerprint density at radius 3 is 1.50 bits per heavy atom. The van der Waals surface area contributed by atoms with Gasteiger partial charge < -0.3 is 20.6 Å². The van der Waals surface area contributed by atoms with Gasteiger partial charge in [0.2, 0.25) is 5.91 Å². The molecule has 0 radical (unpaired) electrons. The molecule has 0 aromatic carbocycles. The van der Waals surface area contributed by atoms with Gasteiger partial charge in [0.05, 0.1) is 26.2 Å². The van der Waals surface area contributed by atoms with Gasteiger partial charge in [-0.15, -0.1) is 0 Å². The molecule has 0 bridgehead atoms. The van der Waals surface area contributed by atoms with Crippen molar-refractivity contribution < 1.29 is 34.5 Å². The zero-order chi connectivity index (χ0) is 27.2. The summed E-state index contributed by atoms with van der Waals surface area (Å²) in [6, 6.07) is 0. The number of nitrogens with one attached hydrogen (secondary N) is 1. The molecule has 0 aromatic heterocycles. The Morgan fingerprint density at radius 2 is 1.00 bits per heavy atom. The third-order valence-electron chi connectivity index (χ3n) is 5.87. The van der Waals surface area contributed by atoms with Gasteiger partial charge in [0.15, 0.2) is 0 Å². The van der Waals surface area contributed by atoms with Gasteiger partial charge in [-0.2, -0.15) is 0 Å². The second-order valence-corrected chi connectivity index (χ2v) is 9.44. The maximum Gasteiger partial charge on any atom is 0.317 e. The van der Waals surface area contributed by atoms with Gasteiger partial charge >= 0.3 is 17.9 Å². The molecule has 1 amide bonds. The van der Waals surface area contributed by atoms with Gasteiger partial charge in [0.1, 0.15) is 0 Å². The maximum atomic E-state index is 12.2. The average Bonchev–Trinajstić information content (AvgIpc) is 2.78. The molecule has 210 valence electrons. The summed E-state index contributed by atoms with van der Waals surface area (Å²) in [6.45, 7) is 3.04. The number of nitrogens with zero attached hydrogens (tertiary/aromatic N) is 3. The van der Waals surface area contributed by atoms with Crippen molar-refractivity contribution in [2.24, 2.45) is 0 Å². The monoisotopic (exact) mass is 516 g/mol. The van der Waals surface area contributed by atoms with Gasteiger partial charge in [-0.3, -0.25) is 33.9 Å². The van der Waals surface area contributed by atoms with E-state index in [0.29, 0.717) is 19.6 Å². The summed E-state index contributed by atoms with van der Waals surface area (Å²) in [6.07, 6.45) is 12.4. The van der Waals surface area contributed by atoms with Crippen LogP contribution in [0.2, 0.25) is 0 Å². The van der Waals surface area contributed by atoms with Crippen molar-refractivity contribution in [1.29, 1.82) is 0 Å². The van der Waals surface area contributed by atoms with Gasteiger partial charge in [0, 0.05) is 32.7 Å². The first-order valence-corrected chi connectivity index (χ1v) is 13.2. The number of amides is 1. The second kappa shape index (κ2) is 22.0. The smallest absolute Gasteiger partial charge is 0.317 e. The van der Waals surface area contributed by atoms with E-state index < -0.39 is 31.0 Å². The Balaban J connectivity index is 4.13. The quantitative estimate of drug-likeness (QED) is 0.132. The molecule has 0 heterocycles. The minimum absolute atomic E-state index is 0.0766. The van der Waals surface area contributed by atoms with Crippen LogP contribution in [0.1, 0.15) is 71.1 Å². The SMILES string of the molecule is CCCCCCCCCCCCNC(=O)CN(C)CCN(CCN(CC(=O)O)CC(=O)O)CC(=O)O. The second-order valence-electron chi connectivity index (χ2n) is 9.44. The first-order chi connectivity index (χ1) is 17.1. The first-order valence-electron chi connectivity index (χ1n) is 13.2. The molecule has 0 atom stereocenters. The van der Waals surface area contributed by atoms with Crippen LogP contribution in [0.4, 0.5) is 0 Å². The molecule has 0 aliphatic rings. The molecule has 0 rings (SSSR count). The predicted molar refractivity (Wildman–Crippen MR) is 138 cm³/mol. The number of carbonyl (C=O) groups excluding carboxylic acids is 1. The molecule has 36 heavy (non-hydrogen) atoms. The fourth-order valence-corrected chi connectivity index (χ4v) is 3.87. The van der Waals surface area contributed by atoms with E-state index in [4.69, 9.17) is 15.3 Å². The van der Waals surface area contributed by atoms with Gasteiger partial charge in [0.25, 0.3) is 0 Å². The highest BCUT2D eigenvalue weighted by molar-refractivity contribution is 5.77. The fraction of sp³-hybridized carbons (Fsp3) is 0.840. The molecule has 11 heteroatoms. The lowest BCUT2D eigenvalue weighted by atomic mass is 10.1. The number of carboxylic acids is 3. The number of carbonyl (C=O) groups is 4. The maximum absolute atomic E-state index is 12.2. The van der Waals surface area contributed by atoms with Crippen molar-refractivity contribution in [2.75, 3.05) is 66.0 Å². The summed E-state index contributed by atoms with van der Waals surface area (Å²) >= 11 is 0. The van der Waals surface area contributed by atoms with E-state index >= 15 is 0 Å². The van der Waals surface area contributed by atoms with Crippen molar-refractivity contribution >= 4 is 23.8 Å². The number of aliphatic carboxylic acids is 3. The predicted octanol–water partition coefficient (Wildman–Crippen LogP) is 1.81. The lowest BCUT2D eigenvalue weighted by Crippen LogP contribution is -2.44. The fourth-order valence-electron chi connectivity index (χ4n) is 3.87. The van der Waals surface area contributed by atoms with Crippen LogP contribution in [0.5, 0.6) is 0 Å². The summed E-state index contributed by atoms with van der Waals surface area (Å²) < 4.78 is 0. The average molecular weight is 517 g/mol. The number of unbranched alkanes of at least 4 members (excludes halogenated alkanes) is 9. The van der Waals surface area contributed by atoms with Crippen LogP contribution in [0, 0.1) is 0 Å². The lowest BCUT2D eigenvalue weighted by molar-refractivity contribution is -0.143. The molecule has 11 nitrogen and oxygen atoms in total. The number of rotatable bonds is 25. The van der Waals surface area contributed by atoms with Crippen molar-refractivity contribution in [2.45, 2.75) is 71.1 Å². The molecule has 0 aromatic rings. The van der Waals surface area contributed by atoms with E-state index in [-0.39, 0.29) is 32.1 Å². The third-order valence-corrected chi connectivity index (χ3v) is 5.87. The molecule has 0 fully saturated rings. The van der Waals surface area contributed by atoms with Gasteiger partial charge in [-0.25, -0.2) is 0 Å². The highest BCUT2D eigenvalue weighted by atomic mass is 16.4. The Hall–Kier alpha value is -2.24. The minimum atomic E-state index is -1.15. The summed E-state index contributed by atoms with van der Waals surface area (Å²) in [5, 5.41) is 30.0. The van der Waals surface area contributed by atoms with E-state index in [1.54, 1.807) is 16.8 Å². The van der Waals surface area contributed by atoms with E-state index in [0.717, 1.165) is 12.8 Å². The normalized spacial score (nSPS) is 11.4. The van der Waals surface area contributed by atoms with Crippen LogP contribution in [0.25, 0.3) is 0 Å². The Morgan fingerprint density at radius 1 is 0.583 bits per heavy atom. The van der Waals surface area contributed by atoms with Crippen LogP contribution >= 0.6 is 0 Å². The topological polar surface area (TPSA) is 151 Å². The highest BCUT2D eigenvalue weighted by Gasteiger charge is 2.17. The van der Waals surface area contributed by atoms with Crippen LogP contribution in [-0.4, -0.2) is 120 Å². The Bertz CT molecular complexity index is 618. The van der Waals surface area contributed by atoms with Crippen LogP contribution in [0.3, 0.4) is 0 Å². The van der Waals surface area contributed by atoms with Crippen molar-refractivity contribution in [1.82, 2.24) is 20.0 Å². The number of hydrogen-bond donors (Lipinski definition) is 4. The number of carboxylic acid groups (broad SMARTS) is 3. The van der Waals surface area contributed by atoms with Crippen LogP contribution in [0.15, 0.2) is 0 Å². The summed E-state index contributed by atoms with van der Waals surface area (Å²) in [5.74, 6) is -3.41. The van der Waals surface area contributed by atoms with E-state index in [2.05, 4.69) is 12.2 Å². The standard InChI is InChI=1S/C25H48N4O7/c1-3-4-5-6-7-8-9-10-11-12-13-26-22(30)18-27(2)14-15-28(19-23(31)32)16-17-29(20-24(33)34)21-25(35)36/h3-21H2,1-2H3,(H,26,30)(H,31,32)(H,33,34)(H,35,36). The Kier molecular flexibility index (Phi) is 20.6. The molecule has 0 saturated heterocycles. The molecule has 0 aliphatic carbocycles. The lowest BCUT2D eigenvalue weighted by Gasteiger charge is -2.26.